The molecule has 0 fully saturated rings. The smallest absolute Gasteiger partial charge is 0.299 e. The second kappa shape index (κ2) is 6.99. The van der Waals surface area contributed by atoms with Gasteiger partial charge in [0.25, 0.3) is 11.7 Å². The number of para-hydroxylation sites is 1. The molecule has 3 nitrogen and oxygen atoms in total. The number of hydrogen-bond acceptors (Lipinski definition) is 2. The first-order chi connectivity index (χ1) is 10.1. The SMILES string of the molecule is C=C(Br)CN(C(=O)C(=O)c1ccccc1)c1ccccc1. The van der Waals surface area contributed by atoms with Crippen LogP contribution in [0.25, 0.3) is 0 Å². The van der Waals surface area contributed by atoms with Crippen LogP contribution in [0.1, 0.15) is 10.4 Å². The zero-order valence-electron chi connectivity index (χ0n) is 11.3. The van der Waals surface area contributed by atoms with E-state index in [1.165, 1.54) is 4.90 Å². The average Bonchev–Trinajstić information content (AvgIpc) is 2.53. The highest BCUT2D eigenvalue weighted by Gasteiger charge is 2.24. The van der Waals surface area contributed by atoms with E-state index in [1.807, 2.05) is 18.2 Å². The third kappa shape index (κ3) is 3.89. The molecule has 0 saturated carbocycles. The number of carbonyl (C=O) groups is 2. The number of halogens is 1. The van der Waals surface area contributed by atoms with Crippen molar-refractivity contribution in [2.45, 2.75) is 0 Å². The number of ketones is 1. The van der Waals surface area contributed by atoms with Crippen molar-refractivity contribution < 1.29 is 9.59 Å². The summed E-state index contributed by atoms with van der Waals surface area (Å²) in [6.45, 7) is 3.98. The maximum Gasteiger partial charge on any atom is 0.299 e. The van der Waals surface area contributed by atoms with Crippen molar-refractivity contribution in [3.8, 4) is 0 Å². The average molecular weight is 344 g/mol. The summed E-state index contributed by atoms with van der Waals surface area (Å²) in [7, 11) is 0. The largest absolute Gasteiger partial charge is 0.301 e. The molecule has 0 aliphatic carbocycles. The van der Waals surface area contributed by atoms with E-state index < -0.39 is 11.7 Å². The molecule has 0 spiro atoms. The molecule has 0 N–H and O–H groups in total. The number of rotatable bonds is 5. The molecule has 0 unspecified atom stereocenters. The number of anilines is 1. The van der Waals surface area contributed by atoms with Crippen molar-refractivity contribution in [1.82, 2.24) is 0 Å². The van der Waals surface area contributed by atoms with Crippen LogP contribution in [0.5, 0.6) is 0 Å². The first kappa shape index (κ1) is 15.2. The van der Waals surface area contributed by atoms with E-state index in [-0.39, 0.29) is 6.54 Å². The Morgan fingerprint density at radius 2 is 1.48 bits per heavy atom. The van der Waals surface area contributed by atoms with Gasteiger partial charge in [-0.25, -0.2) is 0 Å². The predicted molar refractivity (Wildman–Crippen MR) is 87.6 cm³/mol. The summed E-state index contributed by atoms with van der Waals surface area (Å²) < 4.78 is 0.626. The lowest BCUT2D eigenvalue weighted by molar-refractivity contribution is -0.114. The van der Waals surface area contributed by atoms with E-state index in [4.69, 9.17) is 0 Å². The molecule has 0 saturated heterocycles. The first-order valence-electron chi connectivity index (χ1n) is 6.39. The summed E-state index contributed by atoms with van der Waals surface area (Å²) in [6, 6.07) is 17.6. The van der Waals surface area contributed by atoms with Gasteiger partial charge in [0, 0.05) is 15.7 Å². The lowest BCUT2D eigenvalue weighted by Gasteiger charge is -2.21. The number of amides is 1. The Hall–Kier alpha value is -2.20. The third-order valence-corrected chi connectivity index (χ3v) is 3.12. The van der Waals surface area contributed by atoms with Crippen LogP contribution in [0.15, 0.2) is 71.7 Å². The fraction of sp³-hybridized carbons (Fsp3) is 0.0588. The normalized spacial score (nSPS) is 9.95. The Labute approximate surface area is 132 Å². The number of carbonyl (C=O) groups excluding carboxylic acids is 2. The van der Waals surface area contributed by atoms with Crippen molar-refractivity contribution in [2.24, 2.45) is 0 Å². The molecule has 0 aliphatic heterocycles. The van der Waals surface area contributed by atoms with Gasteiger partial charge >= 0.3 is 0 Å². The van der Waals surface area contributed by atoms with Crippen LogP contribution in [-0.4, -0.2) is 18.2 Å². The molecule has 0 bridgehead atoms. The van der Waals surface area contributed by atoms with Gasteiger partial charge in [-0.1, -0.05) is 71.0 Å². The molecule has 1 amide bonds. The predicted octanol–water partition coefficient (Wildman–Crippen LogP) is 3.81. The highest BCUT2D eigenvalue weighted by molar-refractivity contribution is 9.11. The molecule has 2 aromatic rings. The van der Waals surface area contributed by atoms with Crippen LogP contribution in [0.3, 0.4) is 0 Å². The zero-order valence-corrected chi connectivity index (χ0v) is 12.9. The zero-order chi connectivity index (χ0) is 15.2. The van der Waals surface area contributed by atoms with Gasteiger partial charge in [0.05, 0.1) is 6.54 Å². The standard InChI is InChI=1S/C17H14BrNO2/c1-13(18)12-19(15-10-6-3-7-11-15)17(21)16(20)14-8-4-2-5-9-14/h2-11H,1,12H2. The molecule has 2 aromatic carbocycles. The van der Waals surface area contributed by atoms with Crippen molar-refractivity contribution in [1.29, 1.82) is 0 Å². The molecule has 21 heavy (non-hydrogen) atoms. The molecule has 2 rings (SSSR count). The topological polar surface area (TPSA) is 37.4 Å². The molecule has 0 aromatic heterocycles. The van der Waals surface area contributed by atoms with Gasteiger partial charge in [0.2, 0.25) is 0 Å². The van der Waals surface area contributed by atoms with Gasteiger partial charge in [-0.2, -0.15) is 0 Å². The molecular weight excluding hydrogens is 330 g/mol. The second-order valence-electron chi connectivity index (χ2n) is 4.44. The molecule has 0 atom stereocenters. The molecular formula is C17H14BrNO2. The van der Waals surface area contributed by atoms with Gasteiger partial charge in [0.15, 0.2) is 0 Å². The quantitative estimate of drug-likeness (QED) is 0.611. The van der Waals surface area contributed by atoms with Crippen LogP contribution >= 0.6 is 15.9 Å². The van der Waals surface area contributed by atoms with E-state index in [9.17, 15) is 9.59 Å². The van der Waals surface area contributed by atoms with Crippen LogP contribution in [-0.2, 0) is 4.79 Å². The van der Waals surface area contributed by atoms with Crippen molar-refractivity contribution in [2.75, 3.05) is 11.4 Å². The lowest BCUT2D eigenvalue weighted by Crippen LogP contribution is -2.37. The van der Waals surface area contributed by atoms with E-state index >= 15 is 0 Å². The summed E-state index contributed by atoms with van der Waals surface area (Å²) in [5.74, 6) is -1.11. The molecule has 0 heterocycles. The maximum atomic E-state index is 12.5. The van der Waals surface area contributed by atoms with Crippen LogP contribution < -0.4 is 4.90 Å². The number of nitrogens with zero attached hydrogens (tertiary/aromatic N) is 1. The van der Waals surface area contributed by atoms with Gasteiger partial charge in [0.1, 0.15) is 0 Å². The minimum absolute atomic E-state index is 0.238. The minimum atomic E-state index is -0.576. The third-order valence-electron chi connectivity index (χ3n) is 2.87. The van der Waals surface area contributed by atoms with E-state index in [0.29, 0.717) is 15.7 Å². The van der Waals surface area contributed by atoms with Crippen LogP contribution in [0, 0.1) is 0 Å². The van der Waals surface area contributed by atoms with Gasteiger partial charge in [-0.15, -0.1) is 0 Å². The highest BCUT2D eigenvalue weighted by atomic mass is 79.9. The van der Waals surface area contributed by atoms with Crippen molar-refractivity contribution in [3.63, 3.8) is 0 Å². The Morgan fingerprint density at radius 3 is 2.00 bits per heavy atom. The Morgan fingerprint density at radius 1 is 0.952 bits per heavy atom. The van der Waals surface area contributed by atoms with E-state index in [0.717, 1.165) is 0 Å². The number of Topliss-reactive ketones (excluding diaryl/α,β-unsaturated/α-hetero) is 1. The first-order valence-corrected chi connectivity index (χ1v) is 7.18. The Balaban J connectivity index is 2.31. The summed E-state index contributed by atoms with van der Waals surface area (Å²) in [5.41, 5.74) is 1.04. The summed E-state index contributed by atoms with van der Waals surface area (Å²) >= 11 is 3.25. The summed E-state index contributed by atoms with van der Waals surface area (Å²) in [4.78, 5) is 26.2. The van der Waals surface area contributed by atoms with Gasteiger partial charge < -0.3 is 4.90 Å². The Bertz CT molecular complexity index is 653. The maximum absolute atomic E-state index is 12.5. The van der Waals surface area contributed by atoms with Crippen molar-refractivity contribution >= 4 is 33.3 Å². The summed E-state index contributed by atoms with van der Waals surface area (Å²) in [6.07, 6.45) is 0. The van der Waals surface area contributed by atoms with E-state index in [2.05, 4.69) is 22.5 Å². The van der Waals surface area contributed by atoms with Crippen LogP contribution in [0.2, 0.25) is 0 Å². The fourth-order valence-electron chi connectivity index (χ4n) is 1.90. The lowest BCUT2D eigenvalue weighted by atomic mass is 10.1. The minimum Gasteiger partial charge on any atom is -0.301 e. The molecule has 0 aliphatic rings. The van der Waals surface area contributed by atoms with Gasteiger partial charge in [-0.3, -0.25) is 9.59 Å². The number of benzene rings is 2. The fourth-order valence-corrected chi connectivity index (χ4v) is 2.15. The monoisotopic (exact) mass is 343 g/mol. The Kier molecular flexibility index (Phi) is 5.06. The molecule has 0 radical (unpaired) electrons. The summed E-state index contributed by atoms with van der Waals surface area (Å²) in [5, 5.41) is 0. The highest BCUT2D eigenvalue weighted by Crippen LogP contribution is 2.18. The molecule has 106 valence electrons. The van der Waals surface area contributed by atoms with E-state index in [1.54, 1.807) is 42.5 Å². The second-order valence-corrected chi connectivity index (χ2v) is 5.56. The number of hydrogen-bond donors (Lipinski definition) is 0. The molecule has 4 heteroatoms. The van der Waals surface area contributed by atoms with Crippen LogP contribution in [0.4, 0.5) is 5.69 Å². The van der Waals surface area contributed by atoms with Crippen molar-refractivity contribution in [3.05, 3.63) is 77.3 Å². The van der Waals surface area contributed by atoms with Gasteiger partial charge in [-0.05, 0) is 12.1 Å².